The van der Waals surface area contributed by atoms with Crippen molar-refractivity contribution in [3.63, 3.8) is 0 Å². The highest BCUT2D eigenvalue weighted by atomic mass is 16.6. The molecule has 2 aromatic heterocycles. The van der Waals surface area contributed by atoms with Gasteiger partial charge in [-0.15, -0.1) is 0 Å². The van der Waals surface area contributed by atoms with E-state index in [1.54, 1.807) is 0 Å². The van der Waals surface area contributed by atoms with Crippen molar-refractivity contribution in [2.75, 3.05) is 11.9 Å². The molecule has 5 N–H and O–H groups in total. The predicted octanol–water partition coefficient (Wildman–Crippen LogP) is -0.252. The van der Waals surface area contributed by atoms with E-state index < -0.39 is 31.1 Å². The minimum atomic E-state index is -1.20. The molecule has 1 saturated carbocycles. The number of aliphatic hydroxyl groups is 4. The van der Waals surface area contributed by atoms with Crippen LogP contribution in [0.1, 0.15) is 45.8 Å². The Morgan fingerprint density at radius 2 is 1.80 bits per heavy atom. The molecule has 0 aromatic carbocycles. The summed E-state index contributed by atoms with van der Waals surface area (Å²) in [6, 6.07) is 0.204. The zero-order chi connectivity index (χ0) is 21.8. The van der Waals surface area contributed by atoms with Gasteiger partial charge in [0.1, 0.15) is 30.4 Å². The molecule has 30 heavy (non-hydrogen) atoms. The number of rotatable bonds is 4. The van der Waals surface area contributed by atoms with Crippen molar-refractivity contribution in [1.82, 2.24) is 19.5 Å². The lowest BCUT2D eigenvalue weighted by Gasteiger charge is -2.26. The van der Waals surface area contributed by atoms with Crippen LogP contribution in [-0.4, -0.2) is 82.8 Å². The molecule has 4 rings (SSSR count). The van der Waals surface area contributed by atoms with E-state index in [0.717, 1.165) is 25.7 Å². The van der Waals surface area contributed by atoms with Gasteiger partial charge in [0, 0.05) is 6.04 Å². The number of carbonyl (C=O) groups excluding carboxylic acids is 1. The molecule has 2 fully saturated rings. The Morgan fingerprint density at radius 1 is 1.13 bits per heavy atom. The number of nitrogens with zero attached hydrogens (tertiary/aromatic N) is 4. The van der Waals surface area contributed by atoms with Crippen molar-refractivity contribution < 1.29 is 30.0 Å². The summed E-state index contributed by atoms with van der Waals surface area (Å²) in [6.07, 6.45) is 1.73. The van der Waals surface area contributed by atoms with Crippen molar-refractivity contribution in [3.8, 4) is 0 Å². The monoisotopic (exact) mass is 423 g/mol. The summed E-state index contributed by atoms with van der Waals surface area (Å²) in [4.78, 5) is 22.3. The lowest BCUT2D eigenvalue weighted by Crippen LogP contribution is -2.33. The van der Waals surface area contributed by atoms with Gasteiger partial charge in [-0.1, -0.05) is 0 Å². The third-order valence-electron chi connectivity index (χ3n) is 5.19. The molecule has 0 amide bonds. The number of ketones is 1. The van der Waals surface area contributed by atoms with Crippen molar-refractivity contribution in [2.45, 2.75) is 76.2 Å². The summed E-state index contributed by atoms with van der Waals surface area (Å²) in [5.74, 6) is 0.752. The SMILES string of the molecule is CC(C)=O.OC[C@H]1O[C@@H](n2cnc3c(NC4CCC(O)CC4)ncnc32)[C@@H](O)[C@H]1O. The third kappa shape index (κ3) is 4.93. The minimum absolute atomic E-state index is 0.167. The van der Waals surface area contributed by atoms with Gasteiger partial charge in [0.15, 0.2) is 23.2 Å². The van der Waals surface area contributed by atoms with E-state index in [-0.39, 0.29) is 17.9 Å². The van der Waals surface area contributed by atoms with E-state index >= 15 is 0 Å². The molecule has 2 aromatic rings. The highest BCUT2D eigenvalue weighted by Gasteiger charge is 2.44. The summed E-state index contributed by atoms with van der Waals surface area (Å²) in [5, 5.41) is 42.4. The maximum Gasteiger partial charge on any atom is 0.167 e. The van der Waals surface area contributed by atoms with Crippen molar-refractivity contribution in [1.29, 1.82) is 0 Å². The molecular weight excluding hydrogens is 394 g/mol. The van der Waals surface area contributed by atoms with Gasteiger partial charge < -0.3 is 35.3 Å². The van der Waals surface area contributed by atoms with Gasteiger partial charge in [-0.05, 0) is 39.5 Å². The van der Waals surface area contributed by atoms with Crippen molar-refractivity contribution in [3.05, 3.63) is 12.7 Å². The molecule has 0 spiro atoms. The lowest BCUT2D eigenvalue weighted by atomic mass is 9.93. The number of Topliss-reactive ketones (excluding diaryl/α,β-unsaturated/α-hetero) is 1. The standard InChI is InChI=1S/C16H23N5O5.C3H6O/c22-5-10-12(24)13(25)16(26-10)21-7-19-11-14(17-6-18-15(11)21)20-8-1-3-9(23)4-2-8;1-3(2)4/h6-10,12-13,16,22-25H,1-5H2,(H,17,18,20);1-2H3/t8?,9?,10-,12+,13+,16-;/m1./s1. The van der Waals surface area contributed by atoms with E-state index in [0.29, 0.717) is 17.0 Å². The van der Waals surface area contributed by atoms with E-state index in [1.165, 1.54) is 31.1 Å². The summed E-state index contributed by atoms with van der Waals surface area (Å²) < 4.78 is 7.09. The molecule has 1 saturated heterocycles. The van der Waals surface area contributed by atoms with Gasteiger partial charge in [0.2, 0.25) is 0 Å². The van der Waals surface area contributed by atoms with Gasteiger partial charge in [-0.3, -0.25) is 4.57 Å². The number of anilines is 1. The van der Waals surface area contributed by atoms with Crippen LogP contribution in [-0.2, 0) is 9.53 Å². The third-order valence-corrected chi connectivity index (χ3v) is 5.19. The summed E-state index contributed by atoms with van der Waals surface area (Å²) in [5.41, 5.74) is 1.00. The molecule has 11 heteroatoms. The topological polar surface area (TPSA) is 163 Å². The highest BCUT2D eigenvalue weighted by molar-refractivity contribution is 5.82. The quantitative estimate of drug-likeness (QED) is 0.443. The molecule has 0 unspecified atom stereocenters. The Labute approximate surface area is 173 Å². The van der Waals surface area contributed by atoms with E-state index in [1.807, 2.05) is 0 Å². The highest BCUT2D eigenvalue weighted by Crippen LogP contribution is 2.32. The maximum absolute atomic E-state index is 10.2. The molecule has 166 valence electrons. The van der Waals surface area contributed by atoms with Crippen LogP contribution in [0.3, 0.4) is 0 Å². The average Bonchev–Trinajstić information content (AvgIpc) is 3.25. The fourth-order valence-electron chi connectivity index (χ4n) is 3.67. The predicted molar refractivity (Wildman–Crippen MR) is 107 cm³/mol. The first kappa shape index (κ1) is 22.5. The number of ether oxygens (including phenoxy) is 1. The van der Waals surface area contributed by atoms with Crippen LogP contribution in [0, 0.1) is 0 Å². The van der Waals surface area contributed by atoms with Crippen LogP contribution in [0.2, 0.25) is 0 Å². The lowest BCUT2D eigenvalue weighted by molar-refractivity contribution is -0.115. The van der Waals surface area contributed by atoms with Crippen LogP contribution in [0.25, 0.3) is 11.2 Å². The number of carbonyl (C=O) groups is 1. The molecule has 4 atom stereocenters. The molecule has 1 aliphatic carbocycles. The number of fused-ring (bicyclic) bond motifs is 1. The van der Waals surface area contributed by atoms with E-state index in [9.17, 15) is 25.2 Å². The number of hydrogen-bond acceptors (Lipinski definition) is 10. The number of aliphatic hydroxyl groups excluding tert-OH is 4. The van der Waals surface area contributed by atoms with Crippen LogP contribution in [0.4, 0.5) is 5.82 Å². The molecule has 0 radical (unpaired) electrons. The van der Waals surface area contributed by atoms with Gasteiger partial charge in [-0.2, -0.15) is 0 Å². The largest absolute Gasteiger partial charge is 0.394 e. The molecule has 2 aliphatic rings. The Bertz CT molecular complexity index is 849. The van der Waals surface area contributed by atoms with Crippen LogP contribution < -0.4 is 5.32 Å². The van der Waals surface area contributed by atoms with Crippen LogP contribution >= 0.6 is 0 Å². The second-order valence-electron chi connectivity index (χ2n) is 7.83. The average molecular weight is 423 g/mol. The first-order valence-electron chi connectivity index (χ1n) is 10.0. The molecule has 1 aliphatic heterocycles. The fraction of sp³-hybridized carbons (Fsp3) is 0.684. The molecule has 0 bridgehead atoms. The second-order valence-corrected chi connectivity index (χ2v) is 7.83. The van der Waals surface area contributed by atoms with Crippen LogP contribution in [0.5, 0.6) is 0 Å². The first-order chi connectivity index (χ1) is 14.3. The van der Waals surface area contributed by atoms with Crippen molar-refractivity contribution >= 4 is 22.8 Å². The van der Waals surface area contributed by atoms with E-state index in [4.69, 9.17) is 4.74 Å². The Kier molecular flexibility index (Phi) is 7.32. The minimum Gasteiger partial charge on any atom is -0.394 e. The zero-order valence-corrected chi connectivity index (χ0v) is 17.0. The van der Waals surface area contributed by atoms with Gasteiger partial charge in [0.25, 0.3) is 0 Å². The zero-order valence-electron chi connectivity index (χ0n) is 17.0. The number of imidazole rings is 1. The normalized spacial score (nSPS) is 31.3. The molecule has 3 heterocycles. The summed E-state index contributed by atoms with van der Waals surface area (Å²) >= 11 is 0. The van der Waals surface area contributed by atoms with E-state index in [2.05, 4.69) is 20.3 Å². The Hall–Kier alpha value is -2.18. The smallest absolute Gasteiger partial charge is 0.167 e. The van der Waals surface area contributed by atoms with Crippen molar-refractivity contribution in [2.24, 2.45) is 0 Å². The van der Waals surface area contributed by atoms with Gasteiger partial charge in [-0.25, -0.2) is 15.0 Å². The van der Waals surface area contributed by atoms with Crippen LogP contribution in [0.15, 0.2) is 12.7 Å². The summed E-state index contributed by atoms with van der Waals surface area (Å²) in [6.45, 7) is 2.66. The molecule has 11 nitrogen and oxygen atoms in total. The summed E-state index contributed by atoms with van der Waals surface area (Å²) in [7, 11) is 0. The Balaban J connectivity index is 0.000000589. The van der Waals surface area contributed by atoms with Gasteiger partial charge in [0.05, 0.1) is 19.0 Å². The fourth-order valence-corrected chi connectivity index (χ4v) is 3.67. The second kappa shape index (κ2) is 9.75. The Morgan fingerprint density at radius 3 is 2.40 bits per heavy atom. The van der Waals surface area contributed by atoms with Gasteiger partial charge >= 0.3 is 0 Å². The number of aromatic nitrogens is 4. The first-order valence-corrected chi connectivity index (χ1v) is 10.0. The number of nitrogens with one attached hydrogen (secondary N) is 1. The number of hydrogen-bond donors (Lipinski definition) is 5. The molecular formula is C19H29N5O6. The maximum atomic E-state index is 10.2.